The zero-order valence-electron chi connectivity index (χ0n) is 14.0. The van der Waals surface area contributed by atoms with E-state index in [4.69, 9.17) is 0 Å². The van der Waals surface area contributed by atoms with Crippen molar-refractivity contribution in [1.82, 2.24) is 0 Å². The van der Waals surface area contributed by atoms with E-state index in [9.17, 15) is 8.42 Å². The fourth-order valence-electron chi connectivity index (χ4n) is 3.02. The fourth-order valence-corrected chi connectivity index (χ4v) is 4.29. The maximum absolute atomic E-state index is 12.0. The first-order chi connectivity index (χ1) is 11.6. The Hall–Kier alpha value is -2.01. The number of hydrogen-bond acceptors (Lipinski definition) is 3. The molecule has 3 rings (SSSR count). The van der Waals surface area contributed by atoms with E-state index in [1.807, 2.05) is 31.2 Å². The molecule has 4 nitrogen and oxygen atoms in total. The molecule has 2 aromatic carbocycles. The molecule has 0 aliphatic carbocycles. The molecule has 128 valence electrons. The van der Waals surface area contributed by atoms with Crippen molar-refractivity contribution < 1.29 is 8.42 Å². The van der Waals surface area contributed by atoms with Gasteiger partial charge in [0.25, 0.3) is 0 Å². The van der Waals surface area contributed by atoms with Gasteiger partial charge in [-0.3, -0.25) is 4.72 Å². The van der Waals surface area contributed by atoms with Crippen LogP contribution in [0.25, 0.3) is 0 Å². The van der Waals surface area contributed by atoms with Crippen molar-refractivity contribution in [1.29, 1.82) is 0 Å². The number of nitrogens with zero attached hydrogens (tertiary/aromatic N) is 1. The van der Waals surface area contributed by atoms with Crippen molar-refractivity contribution >= 4 is 21.4 Å². The fraction of sp³-hybridized carbons (Fsp3) is 0.368. The lowest BCUT2D eigenvalue weighted by molar-refractivity contribution is 0.598. The summed E-state index contributed by atoms with van der Waals surface area (Å²) in [4.78, 5) is 2.33. The van der Waals surface area contributed by atoms with Crippen LogP contribution < -0.4 is 9.62 Å². The predicted molar refractivity (Wildman–Crippen MR) is 100.0 cm³/mol. The predicted octanol–water partition coefficient (Wildman–Crippen LogP) is 3.79. The van der Waals surface area contributed by atoms with E-state index >= 15 is 0 Å². The number of benzene rings is 2. The topological polar surface area (TPSA) is 49.4 Å². The van der Waals surface area contributed by atoms with E-state index in [0.29, 0.717) is 12.1 Å². The van der Waals surface area contributed by atoms with E-state index in [1.165, 1.54) is 11.1 Å². The van der Waals surface area contributed by atoms with Gasteiger partial charge in [0.1, 0.15) is 0 Å². The number of nitrogens with one attached hydrogen (secondary N) is 1. The Balaban J connectivity index is 1.67. The summed E-state index contributed by atoms with van der Waals surface area (Å²) in [5.41, 5.74) is 4.55. The smallest absolute Gasteiger partial charge is 0.232 e. The molecule has 0 bridgehead atoms. The average molecular weight is 344 g/mol. The van der Waals surface area contributed by atoms with E-state index in [1.54, 1.807) is 0 Å². The standard InChI is InChI=1S/C19H24N2O2S/c1-2-3-14-24(22,23)20-18-8-10-19(11-9-18)21-13-12-16-6-4-5-7-17(16)15-21/h4-11,20H,2-3,12-15H2,1H3. The van der Waals surface area contributed by atoms with Crippen molar-refractivity contribution in [3.63, 3.8) is 0 Å². The van der Waals surface area contributed by atoms with E-state index < -0.39 is 10.0 Å². The van der Waals surface area contributed by atoms with Gasteiger partial charge in [-0.15, -0.1) is 0 Å². The molecular weight excluding hydrogens is 320 g/mol. The van der Waals surface area contributed by atoms with E-state index in [0.717, 1.165) is 31.6 Å². The third kappa shape index (κ3) is 4.09. The summed E-state index contributed by atoms with van der Waals surface area (Å²) in [6, 6.07) is 16.2. The van der Waals surface area contributed by atoms with Crippen LogP contribution in [0.5, 0.6) is 0 Å². The number of rotatable bonds is 6. The van der Waals surface area contributed by atoms with Crippen LogP contribution in [0.1, 0.15) is 30.9 Å². The third-order valence-electron chi connectivity index (χ3n) is 4.40. The molecule has 0 atom stereocenters. The molecule has 0 aromatic heterocycles. The van der Waals surface area contributed by atoms with Crippen LogP contribution in [-0.2, 0) is 23.0 Å². The maximum Gasteiger partial charge on any atom is 0.232 e. The van der Waals surface area contributed by atoms with Gasteiger partial charge >= 0.3 is 0 Å². The first kappa shape index (κ1) is 16.8. The van der Waals surface area contributed by atoms with Gasteiger partial charge in [0, 0.05) is 24.5 Å². The highest BCUT2D eigenvalue weighted by atomic mass is 32.2. The summed E-state index contributed by atoms with van der Waals surface area (Å²) < 4.78 is 26.6. The number of anilines is 2. The molecule has 2 aromatic rings. The van der Waals surface area contributed by atoms with Crippen molar-refractivity contribution in [2.45, 2.75) is 32.7 Å². The van der Waals surface area contributed by atoms with Gasteiger partial charge in [-0.1, -0.05) is 37.6 Å². The molecule has 0 radical (unpaired) electrons. The van der Waals surface area contributed by atoms with Crippen molar-refractivity contribution in [3.05, 3.63) is 59.7 Å². The minimum atomic E-state index is -3.24. The van der Waals surface area contributed by atoms with Crippen LogP contribution in [0.3, 0.4) is 0 Å². The second kappa shape index (κ2) is 7.26. The summed E-state index contributed by atoms with van der Waals surface area (Å²) in [5, 5.41) is 0. The normalized spacial score (nSPS) is 14.3. The first-order valence-corrected chi connectivity index (χ1v) is 10.1. The van der Waals surface area contributed by atoms with Crippen LogP contribution in [0.4, 0.5) is 11.4 Å². The highest BCUT2D eigenvalue weighted by molar-refractivity contribution is 7.92. The van der Waals surface area contributed by atoms with Gasteiger partial charge in [0.05, 0.1) is 5.75 Å². The second-order valence-corrected chi connectivity index (χ2v) is 8.10. The summed E-state index contributed by atoms with van der Waals surface area (Å²) in [5.74, 6) is 0.175. The maximum atomic E-state index is 12.0. The van der Waals surface area contributed by atoms with Crippen molar-refractivity contribution in [3.8, 4) is 0 Å². The quantitative estimate of drug-likeness (QED) is 0.867. The lowest BCUT2D eigenvalue weighted by atomic mass is 9.99. The Morgan fingerprint density at radius 2 is 1.75 bits per heavy atom. The Bertz CT molecular complexity index is 785. The molecule has 1 heterocycles. The molecule has 1 aliphatic heterocycles. The van der Waals surface area contributed by atoms with Crippen LogP contribution in [-0.4, -0.2) is 20.7 Å². The second-order valence-electron chi connectivity index (χ2n) is 6.26. The Morgan fingerprint density at radius 1 is 1.04 bits per heavy atom. The van der Waals surface area contributed by atoms with Crippen LogP contribution in [0.15, 0.2) is 48.5 Å². The lowest BCUT2D eigenvalue weighted by Crippen LogP contribution is -2.30. The zero-order valence-corrected chi connectivity index (χ0v) is 14.8. The molecule has 1 aliphatic rings. The highest BCUT2D eigenvalue weighted by Gasteiger charge is 2.16. The summed E-state index contributed by atoms with van der Waals surface area (Å²) in [6.45, 7) is 3.87. The number of fused-ring (bicyclic) bond motifs is 1. The molecule has 1 N–H and O–H groups in total. The largest absolute Gasteiger partial charge is 0.367 e. The van der Waals surface area contributed by atoms with Gasteiger partial charge in [0.2, 0.25) is 10.0 Å². The molecule has 0 unspecified atom stereocenters. The lowest BCUT2D eigenvalue weighted by Gasteiger charge is -2.30. The Morgan fingerprint density at radius 3 is 2.46 bits per heavy atom. The number of sulfonamides is 1. The zero-order chi connectivity index (χ0) is 17.0. The molecule has 0 fully saturated rings. The van der Waals surface area contributed by atoms with Gasteiger partial charge in [-0.2, -0.15) is 0 Å². The molecule has 0 amide bonds. The Kier molecular flexibility index (Phi) is 5.09. The highest BCUT2D eigenvalue weighted by Crippen LogP contribution is 2.25. The monoisotopic (exact) mass is 344 g/mol. The van der Waals surface area contributed by atoms with E-state index in [2.05, 4.69) is 33.9 Å². The molecule has 0 saturated carbocycles. The minimum Gasteiger partial charge on any atom is -0.367 e. The van der Waals surface area contributed by atoms with Gasteiger partial charge in [-0.05, 0) is 48.2 Å². The van der Waals surface area contributed by atoms with Gasteiger partial charge in [0.15, 0.2) is 0 Å². The van der Waals surface area contributed by atoms with Crippen LogP contribution in [0, 0.1) is 0 Å². The first-order valence-electron chi connectivity index (χ1n) is 8.50. The number of unbranched alkanes of at least 4 members (excludes halogenated alkanes) is 1. The molecule has 24 heavy (non-hydrogen) atoms. The van der Waals surface area contributed by atoms with Gasteiger partial charge < -0.3 is 4.90 Å². The van der Waals surface area contributed by atoms with Gasteiger partial charge in [-0.25, -0.2) is 8.42 Å². The summed E-state index contributed by atoms with van der Waals surface area (Å²) >= 11 is 0. The van der Waals surface area contributed by atoms with Crippen LogP contribution >= 0.6 is 0 Å². The third-order valence-corrected chi connectivity index (χ3v) is 5.78. The van der Waals surface area contributed by atoms with Crippen molar-refractivity contribution in [2.75, 3.05) is 21.9 Å². The van der Waals surface area contributed by atoms with Crippen molar-refractivity contribution in [2.24, 2.45) is 0 Å². The molecule has 0 saturated heterocycles. The minimum absolute atomic E-state index is 0.175. The summed E-state index contributed by atoms with van der Waals surface area (Å²) in [6.07, 6.45) is 2.60. The van der Waals surface area contributed by atoms with E-state index in [-0.39, 0.29) is 5.75 Å². The number of hydrogen-bond donors (Lipinski definition) is 1. The average Bonchev–Trinajstić information content (AvgIpc) is 2.60. The molecular formula is C19H24N2O2S. The molecule has 5 heteroatoms. The van der Waals surface area contributed by atoms with Crippen LogP contribution in [0.2, 0.25) is 0 Å². The Labute approximate surface area is 144 Å². The SMILES string of the molecule is CCCCS(=O)(=O)Nc1ccc(N2CCc3ccccc3C2)cc1. The molecule has 0 spiro atoms. The summed E-state index contributed by atoms with van der Waals surface area (Å²) in [7, 11) is -3.24.